The van der Waals surface area contributed by atoms with Gasteiger partial charge in [-0.15, -0.1) is 11.3 Å². The van der Waals surface area contributed by atoms with Crippen molar-refractivity contribution in [2.75, 3.05) is 6.61 Å². The van der Waals surface area contributed by atoms with E-state index in [9.17, 15) is 31.1 Å². The van der Waals surface area contributed by atoms with Gasteiger partial charge in [0.25, 0.3) is 0 Å². The number of benzene rings is 1. The van der Waals surface area contributed by atoms with E-state index in [0.717, 1.165) is 24.3 Å². The molecule has 1 aromatic heterocycles. The number of hydrogen-bond acceptors (Lipinski definition) is 4. The zero-order chi connectivity index (χ0) is 18.8. The molecule has 0 saturated heterocycles. The fourth-order valence-electron chi connectivity index (χ4n) is 2.26. The first-order valence-electron chi connectivity index (χ1n) is 6.75. The summed E-state index contributed by atoms with van der Waals surface area (Å²) in [5.41, 5.74) is -0.501. The molecule has 4 nitrogen and oxygen atoms in total. The van der Waals surface area contributed by atoms with Gasteiger partial charge in [0.2, 0.25) is 10.0 Å². The number of aliphatic hydroxyl groups excluding tert-OH is 1. The highest BCUT2D eigenvalue weighted by atomic mass is 35.5. The van der Waals surface area contributed by atoms with E-state index >= 15 is 0 Å². The molecule has 25 heavy (non-hydrogen) atoms. The molecule has 0 saturated carbocycles. The van der Waals surface area contributed by atoms with Gasteiger partial charge in [-0.2, -0.15) is 13.2 Å². The van der Waals surface area contributed by atoms with Gasteiger partial charge in [0.1, 0.15) is 10.0 Å². The Morgan fingerprint density at radius 1 is 1.24 bits per heavy atom. The summed E-state index contributed by atoms with van der Waals surface area (Å²) in [5.74, 6) is -3.34. The fraction of sp³-hybridized carbons (Fsp3) is 0.286. The van der Waals surface area contributed by atoms with Crippen LogP contribution in [0.1, 0.15) is 11.5 Å². The third-order valence-corrected chi connectivity index (χ3v) is 6.49. The number of sulfonamides is 1. The lowest BCUT2D eigenvalue weighted by molar-refractivity contribution is -0.158. The summed E-state index contributed by atoms with van der Waals surface area (Å²) in [6.07, 6.45) is -4.92. The van der Waals surface area contributed by atoms with Gasteiger partial charge >= 0.3 is 6.18 Å². The Morgan fingerprint density at radius 3 is 2.40 bits per heavy atom. The van der Waals surface area contributed by atoms with Gasteiger partial charge in [-0.3, -0.25) is 0 Å². The molecule has 0 aliphatic heterocycles. The van der Waals surface area contributed by atoms with Gasteiger partial charge in [-0.25, -0.2) is 17.5 Å². The second-order valence-electron chi connectivity index (χ2n) is 5.04. The first kappa shape index (κ1) is 20.1. The van der Waals surface area contributed by atoms with E-state index in [0.29, 0.717) is 17.4 Å². The Hall–Kier alpha value is -1.20. The predicted molar refractivity (Wildman–Crippen MR) is 85.7 cm³/mol. The van der Waals surface area contributed by atoms with Crippen LogP contribution in [0.5, 0.6) is 0 Å². The van der Waals surface area contributed by atoms with Crippen molar-refractivity contribution in [1.82, 2.24) is 4.72 Å². The molecular formula is C14H12ClF4NO3S2. The molecule has 2 rings (SSSR count). The summed E-state index contributed by atoms with van der Waals surface area (Å²) < 4.78 is 79.9. The van der Waals surface area contributed by atoms with E-state index < -0.39 is 46.1 Å². The Labute approximate surface area is 150 Å². The van der Waals surface area contributed by atoms with Crippen LogP contribution in [0.15, 0.2) is 40.6 Å². The SMILES string of the molecule is O=S(=O)(N[C@H](CO)[C@H](c1cccc(F)c1)C(F)(F)F)c1ccc(Cl)s1. The average Bonchev–Trinajstić information content (AvgIpc) is 2.92. The van der Waals surface area contributed by atoms with Crippen molar-refractivity contribution in [2.45, 2.75) is 22.3 Å². The number of alkyl halides is 3. The van der Waals surface area contributed by atoms with Crippen molar-refractivity contribution in [3.05, 3.63) is 52.1 Å². The minimum Gasteiger partial charge on any atom is -0.395 e. The molecule has 0 radical (unpaired) electrons. The van der Waals surface area contributed by atoms with Gasteiger partial charge in [-0.05, 0) is 29.8 Å². The molecule has 0 unspecified atom stereocenters. The van der Waals surface area contributed by atoms with E-state index in [4.69, 9.17) is 11.6 Å². The quantitative estimate of drug-likeness (QED) is 0.707. The Kier molecular flexibility index (Phi) is 6.10. The monoisotopic (exact) mass is 417 g/mol. The number of thiophene rings is 1. The number of rotatable bonds is 6. The minimum absolute atomic E-state index is 0.137. The van der Waals surface area contributed by atoms with Gasteiger partial charge < -0.3 is 5.11 Å². The molecule has 0 amide bonds. The average molecular weight is 418 g/mol. The Bertz CT molecular complexity index is 839. The molecule has 2 N–H and O–H groups in total. The maximum Gasteiger partial charge on any atom is 0.397 e. The molecule has 0 spiro atoms. The number of halogens is 5. The molecule has 1 aromatic carbocycles. The van der Waals surface area contributed by atoms with Crippen LogP contribution in [0.25, 0.3) is 0 Å². The number of nitrogens with one attached hydrogen (secondary N) is 1. The summed E-state index contributed by atoms with van der Waals surface area (Å²) in [6.45, 7) is -1.14. The molecule has 1 heterocycles. The molecule has 0 aliphatic rings. The second-order valence-corrected chi connectivity index (χ2v) is 8.70. The van der Waals surface area contributed by atoms with Crippen molar-refractivity contribution in [3.8, 4) is 0 Å². The second kappa shape index (κ2) is 7.58. The van der Waals surface area contributed by atoms with E-state index in [1.165, 1.54) is 6.07 Å². The van der Waals surface area contributed by atoms with Gasteiger partial charge in [0.15, 0.2) is 0 Å². The molecule has 0 bridgehead atoms. The molecular weight excluding hydrogens is 406 g/mol. The lowest BCUT2D eigenvalue weighted by atomic mass is 9.91. The maximum absolute atomic E-state index is 13.5. The van der Waals surface area contributed by atoms with Crippen LogP contribution >= 0.6 is 22.9 Å². The van der Waals surface area contributed by atoms with Gasteiger partial charge in [-0.1, -0.05) is 23.7 Å². The van der Waals surface area contributed by atoms with Crippen LogP contribution in [0, 0.1) is 5.82 Å². The van der Waals surface area contributed by atoms with Crippen LogP contribution in [-0.2, 0) is 10.0 Å². The van der Waals surface area contributed by atoms with Crippen LogP contribution in [0.2, 0.25) is 4.34 Å². The van der Waals surface area contributed by atoms with Crippen molar-refractivity contribution in [3.63, 3.8) is 0 Å². The maximum atomic E-state index is 13.5. The molecule has 2 atom stereocenters. The molecule has 0 aliphatic carbocycles. The highest BCUT2D eigenvalue weighted by Crippen LogP contribution is 2.38. The largest absolute Gasteiger partial charge is 0.397 e. The highest BCUT2D eigenvalue weighted by molar-refractivity contribution is 7.91. The molecule has 11 heteroatoms. The van der Waals surface area contributed by atoms with Crippen LogP contribution in [0.4, 0.5) is 17.6 Å². The van der Waals surface area contributed by atoms with E-state index in [2.05, 4.69) is 0 Å². The van der Waals surface area contributed by atoms with Crippen molar-refractivity contribution < 1.29 is 31.1 Å². The molecule has 2 aromatic rings. The fourth-order valence-corrected chi connectivity index (χ4v) is 5.00. The topological polar surface area (TPSA) is 66.4 Å². The Morgan fingerprint density at radius 2 is 1.92 bits per heavy atom. The minimum atomic E-state index is -4.92. The predicted octanol–water partition coefficient (Wildman–Crippen LogP) is 3.53. The van der Waals surface area contributed by atoms with E-state index in [1.807, 2.05) is 4.72 Å². The van der Waals surface area contributed by atoms with Gasteiger partial charge in [0.05, 0.1) is 22.9 Å². The summed E-state index contributed by atoms with van der Waals surface area (Å²) in [4.78, 5) is 0. The summed E-state index contributed by atoms with van der Waals surface area (Å²) in [6, 6.07) is 4.18. The normalized spacial score (nSPS) is 15.1. The standard InChI is InChI=1S/C14H12ClF4NO3S2/c15-11-4-5-12(24-11)25(22,23)20-10(7-21)13(14(17,18)19)8-2-1-3-9(16)6-8/h1-6,10,13,20-21H,7H2/t10-,13+/m1/s1. The summed E-state index contributed by atoms with van der Waals surface area (Å²) in [7, 11) is -4.34. The first-order valence-corrected chi connectivity index (χ1v) is 9.43. The lowest BCUT2D eigenvalue weighted by Crippen LogP contribution is -2.46. The molecule has 0 fully saturated rings. The van der Waals surface area contributed by atoms with Crippen molar-refractivity contribution >= 4 is 33.0 Å². The smallest absolute Gasteiger partial charge is 0.395 e. The summed E-state index contributed by atoms with van der Waals surface area (Å²) in [5, 5.41) is 9.36. The van der Waals surface area contributed by atoms with Gasteiger partial charge in [0, 0.05) is 0 Å². The van der Waals surface area contributed by atoms with Crippen LogP contribution in [0.3, 0.4) is 0 Å². The van der Waals surface area contributed by atoms with Crippen molar-refractivity contribution in [1.29, 1.82) is 0 Å². The van der Waals surface area contributed by atoms with Crippen LogP contribution < -0.4 is 4.72 Å². The van der Waals surface area contributed by atoms with E-state index in [-0.39, 0.29) is 8.55 Å². The third kappa shape index (κ3) is 4.91. The number of aliphatic hydroxyl groups is 1. The zero-order valence-electron chi connectivity index (χ0n) is 12.3. The summed E-state index contributed by atoms with van der Waals surface area (Å²) >= 11 is 6.30. The van der Waals surface area contributed by atoms with Crippen LogP contribution in [-0.4, -0.2) is 32.3 Å². The lowest BCUT2D eigenvalue weighted by Gasteiger charge is -2.28. The number of hydrogen-bond donors (Lipinski definition) is 2. The Balaban J connectivity index is 2.40. The third-order valence-electron chi connectivity index (χ3n) is 3.28. The highest BCUT2D eigenvalue weighted by Gasteiger charge is 2.47. The first-order chi connectivity index (χ1) is 11.5. The zero-order valence-corrected chi connectivity index (χ0v) is 14.7. The van der Waals surface area contributed by atoms with E-state index in [1.54, 1.807) is 0 Å². The molecule has 138 valence electrons. The van der Waals surface area contributed by atoms with Crippen molar-refractivity contribution in [2.24, 2.45) is 0 Å².